The minimum atomic E-state index is 0.446. The lowest BCUT2D eigenvalue weighted by Gasteiger charge is -2.55. The molecule has 1 aromatic rings. The first kappa shape index (κ1) is 13.6. The highest BCUT2D eigenvalue weighted by Crippen LogP contribution is 2.55. The Balaban J connectivity index is 1.65. The molecule has 2 fully saturated rings. The maximum absolute atomic E-state index is 5.98. The van der Waals surface area contributed by atoms with Crippen molar-refractivity contribution in [2.45, 2.75) is 64.1 Å². The molecule has 1 heterocycles. The van der Waals surface area contributed by atoms with Crippen LogP contribution in [0.5, 0.6) is 0 Å². The van der Waals surface area contributed by atoms with Gasteiger partial charge in [-0.1, -0.05) is 18.9 Å². The van der Waals surface area contributed by atoms with Gasteiger partial charge in [0.2, 0.25) is 0 Å². The number of hydrogen-bond donors (Lipinski definition) is 1. The molecule has 2 unspecified atom stereocenters. The molecule has 1 aromatic heterocycles. The van der Waals surface area contributed by atoms with Crippen LogP contribution in [0.1, 0.15) is 56.9 Å². The lowest BCUT2D eigenvalue weighted by atomic mass is 9.60. The number of ether oxygens (including phenoxy) is 1. The van der Waals surface area contributed by atoms with Gasteiger partial charge in [0.1, 0.15) is 0 Å². The molecule has 2 nitrogen and oxygen atoms in total. The molecule has 0 saturated heterocycles. The van der Waals surface area contributed by atoms with Crippen molar-refractivity contribution in [2.24, 2.45) is 5.41 Å². The molecule has 19 heavy (non-hydrogen) atoms. The van der Waals surface area contributed by atoms with Gasteiger partial charge in [-0.3, -0.25) is 0 Å². The van der Waals surface area contributed by atoms with Gasteiger partial charge in [0.25, 0.3) is 0 Å². The lowest BCUT2D eigenvalue weighted by Crippen LogP contribution is -2.62. The van der Waals surface area contributed by atoms with Crippen LogP contribution in [-0.2, 0) is 4.74 Å². The summed E-state index contributed by atoms with van der Waals surface area (Å²) in [6, 6.07) is 5.52. The average Bonchev–Trinajstić information content (AvgIpc) is 3.09. The van der Waals surface area contributed by atoms with Gasteiger partial charge in [-0.15, -0.1) is 11.3 Å². The molecule has 3 rings (SSSR count). The molecule has 1 N–H and O–H groups in total. The highest BCUT2D eigenvalue weighted by molar-refractivity contribution is 7.10. The van der Waals surface area contributed by atoms with Crippen molar-refractivity contribution in [3.8, 4) is 0 Å². The van der Waals surface area contributed by atoms with Crippen LogP contribution in [0.4, 0.5) is 0 Å². The van der Waals surface area contributed by atoms with Gasteiger partial charge in [0.15, 0.2) is 0 Å². The van der Waals surface area contributed by atoms with Crippen LogP contribution in [0.15, 0.2) is 17.5 Å². The monoisotopic (exact) mass is 279 g/mol. The van der Waals surface area contributed by atoms with Crippen molar-refractivity contribution in [2.75, 3.05) is 6.61 Å². The molecule has 2 aliphatic rings. The molecule has 2 aliphatic carbocycles. The van der Waals surface area contributed by atoms with E-state index in [-0.39, 0.29) is 0 Å². The molecule has 0 bridgehead atoms. The Morgan fingerprint density at radius 1 is 1.47 bits per heavy atom. The van der Waals surface area contributed by atoms with Gasteiger partial charge in [-0.25, -0.2) is 0 Å². The fraction of sp³-hybridized carbons (Fsp3) is 0.750. The predicted molar refractivity (Wildman–Crippen MR) is 80.6 cm³/mol. The minimum absolute atomic E-state index is 0.446. The van der Waals surface area contributed by atoms with Gasteiger partial charge >= 0.3 is 0 Å². The maximum atomic E-state index is 5.98. The van der Waals surface area contributed by atoms with Crippen LogP contribution >= 0.6 is 11.3 Å². The molecule has 0 aromatic carbocycles. The van der Waals surface area contributed by atoms with Gasteiger partial charge in [0, 0.05) is 29.0 Å². The van der Waals surface area contributed by atoms with Crippen LogP contribution < -0.4 is 5.32 Å². The third kappa shape index (κ3) is 2.37. The molecule has 3 atom stereocenters. The van der Waals surface area contributed by atoms with Crippen molar-refractivity contribution in [1.29, 1.82) is 0 Å². The summed E-state index contributed by atoms with van der Waals surface area (Å²) in [5.41, 5.74) is 0.446. The minimum Gasteiger partial charge on any atom is -0.378 e. The number of rotatable bonds is 5. The Bertz CT molecular complexity index is 397. The largest absolute Gasteiger partial charge is 0.378 e. The van der Waals surface area contributed by atoms with Crippen molar-refractivity contribution in [3.63, 3.8) is 0 Å². The molecule has 106 valence electrons. The molecule has 3 heteroatoms. The van der Waals surface area contributed by atoms with Crippen LogP contribution in [0.25, 0.3) is 0 Å². The Kier molecular flexibility index (Phi) is 3.97. The molecule has 0 amide bonds. The van der Waals surface area contributed by atoms with Crippen molar-refractivity contribution < 1.29 is 4.74 Å². The molecular weight excluding hydrogens is 254 g/mol. The first-order valence-corrected chi connectivity index (χ1v) is 8.55. The Hall–Kier alpha value is -0.380. The first-order valence-electron chi connectivity index (χ1n) is 7.67. The first-order chi connectivity index (χ1) is 9.26. The number of thiophene rings is 1. The summed E-state index contributed by atoms with van der Waals surface area (Å²) >= 11 is 1.86. The molecule has 0 radical (unpaired) electrons. The van der Waals surface area contributed by atoms with Gasteiger partial charge in [0.05, 0.1) is 6.10 Å². The number of nitrogens with one attached hydrogen (secondary N) is 1. The van der Waals surface area contributed by atoms with Gasteiger partial charge < -0.3 is 10.1 Å². The zero-order chi connectivity index (χ0) is 13.3. The Labute approximate surface area is 120 Å². The van der Waals surface area contributed by atoms with Gasteiger partial charge in [-0.2, -0.15) is 0 Å². The summed E-state index contributed by atoms with van der Waals surface area (Å²) in [5, 5.41) is 6.04. The zero-order valence-electron chi connectivity index (χ0n) is 12.0. The van der Waals surface area contributed by atoms with Crippen LogP contribution in [-0.4, -0.2) is 18.8 Å². The van der Waals surface area contributed by atoms with E-state index in [1.165, 1.54) is 37.0 Å². The molecule has 0 aliphatic heterocycles. The highest BCUT2D eigenvalue weighted by Gasteiger charge is 2.56. The molecule has 2 saturated carbocycles. The molecular formula is C16H25NOS. The highest BCUT2D eigenvalue weighted by atomic mass is 32.1. The third-order valence-electron chi connectivity index (χ3n) is 5.11. The van der Waals surface area contributed by atoms with E-state index in [0.29, 0.717) is 23.6 Å². The summed E-state index contributed by atoms with van der Waals surface area (Å²) in [7, 11) is 0. The standard InChI is InChI=1S/C16H25NOS/c1-3-18-15-11-14(16(15)8-4-5-9-16)17-12(2)13-7-6-10-19-13/h6-7,10,12,14-15,17H,3-5,8-9,11H2,1-2H3/t12-,14?,15?/m0/s1. The van der Waals surface area contributed by atoms with Crippen molar-refractivity contribution in [1.82, 2.24) is 5.32 Å². The summed E-state index contributed by atoms with van der Waals surface area (Å²) in [4.78, 5) is 1.45. The Morgan fingerprint density at radius 2 is 2.26 bits per heavy atom. The van der Waals surface area contributed by atoms with E-state index in [4.69, 9.17) is 4.74 Å². The lowest BCUT2D eigenvalue weighted by molar-refractivity contribution is -0.132. The fourth-order valence-corrected chi connectivity index (χ4v) is 4.79. The maximum Gasteiger partial charge on any atom is 0.0661 e. The van der Waals surface area contributed by atoms with E-state index >= 15 is 0 Å². The zero-order valence-corrected chi connectivity index (χ0v) is 12.8. The topological polar surface area (TPSA) is 21.3 Å². The summed E-state index contributed by atoms with van der Waals surface area (Å²) < 4.78 is 5.98. The summed E-state index contributed by atoms with van der Waals surface area (Å²) in [6.07, 6.45) is 7.18. The van der Waals surface area contributed by atoms with E-state index in [1.807, 2.05) is 11.3 Å². The molecule has 1 spiro atoms. The fourth-order valence-electron chi connectivity index (χ4n) is 4.04. The smallest absolute Gasteiger partial charge is 0.0661 e. The van der Waals surface area contributed by atoms with Crippen molar-refractivity contribution >= 4 is 11.3 Å². The second-order valence-electron chi connectivity index (χ2n) is 6.08. The van der Waals surface area contributed by atoms with E-state index in [2.05, 4.69) is 36.7 Å². The second kappa shape index (κ2) is 5.55. The quantitative estimate of drug-likeness (QED) is 0.874. The summed E-state index contributed by atoms with van der Waals surface area (Å²) in [5.74, 6) is 0. The second-order valence-corrected chi connectivity index (χ2v) is 7.06. The SMILES string of the molecule is CCOC1CC(N[C@@H](C)c2cccs2)C12CCCC2. The van der Waals surface area contributed by atoms with Crippen LogP contribution in [0, 0.1) is 5.41 Å². The average molecular weight is 279 g/mol. The van der Waals surface area contributed by atoms with E-state index < -0.39 is 0 Å². The van der Waals surface area contributed by atoms with E-state index in [1.54, 1.807) is 0 Å². The van der Waals surface area contributed by atoms with Crippen molar-refractivity contribution in [3.05, 3.63) is 22.4 Å². The Morgan fingerprint density at radius 3 is 2.89 bits per heavy atom. The predicted octanol–water partition coefficient (Wildman–Crippen LogP) is 4.14. The van der Waals surface area contributed by atoms with Gasteiger partial charge in [-0.05, 0) is 44.6 Å². The number of hydrogen-bond acceptors (Lipinski definition) is 3. The summed E-state index contributed by atoms with van der Waals surface area (Å²) in [6.45, 7) is 5.28. The normalized spacial score (nSPS) is 30.4. The van der Waals surface area contributed by atoms with E-state index in [0.717, 1.165) is 6.61 Å². The third-order valence-corrected chi connectivity index (χ3v) is 6.16. The van der Waals surface area contributed by atoms with Crippen LogP contribution in [0.3, 0.4) is 0 Å². The van der Waals surface area contributed by atoms with E-state index in [9.17, 15) is 0 Å². The van der Waals surface area contributed by atoms with Crippen LogP contribution in [0.2, 0.25) is 0 Å².